The first-order valence-electron chi connectivity index (χ1n) is 8.50. The fourth-order valence-electron chi connectivity index (χ4n) is 3.92. The fourth-order valence-corrected chi connectivity index (χ4v) is 3.92. The minimum Gasteiger partial charge on any atom is -0.487 e. The molecule has 2 aliphatic heterocycles. The molecule has 3 rings (SSSR count). The van der Waals surface area contributed by atoms with E-state index in [0.717, 1.165) is 12.3 Å². The van der Waals surface area contributed by atoms with Crippen molar-refractivity contribution in [2.75, 3.05) is 39.8 Å². The van der Waals surface area contributed by atoms with Gasteiger partial charge in [0.05, 0.1) is 0 Å². The summed E-state index contributed by atoms with van der Waals surface area (Å²) in [5.74, 6) is 1.62. The lowest BCUT2D eigenvalue weighted by molar-refractivity contribution is 0.0745. The molecule has 122 valence electrons. The molecule has 0 saturated carbocycles. The van der Waals surface area contributed by atoms with Crippen LogP contribution in [0.3, 0.4) is 0 Å². The summed E-state index contributed by atoms with van der Waals surface area (Å²) >= 11 is 0. The van der Waals surface area contributed by atoms with Crippen molar-refractivity contribution < 1.29 is 4.74 Å². The van der Waals surface area contributed by atoms with Crippen molar-refractivity contribution in [1.29, 1.82) is 0 Å². The van der Waals surface area contributed by atoms with E-state index in [2.05, 4.69) is 57.5 Å². The number of nitrogens with zero attached hydrogens (tertiary/aromatic N) is 2. The van der Waals surface area contributed by atoms with Crippen LogP contribution in [0.25, 0.3) is 0 Å². The zero-order valence-electron chi connectivity index (χ0n) is 15.0. The molecule has 1 unspecified atom stereocenters. The second-order valence-electron chi connectivity index (χ2n) is 7.74. The average molecular weight is 302 g/mol. The van der Waals surface area contributed by atoms with Gasteiger partial charge in [0.15, 0.2) is 0 Å². The summed E-state index contributed by atoms with van der Waals surface area (Å²) in [5.41, 5.74) is 5.38. The van der Waals surface area contributed by atoms with Crippen LogP contribution in [0.5, 0.6) is 5.75 Å². The Morgan fingerprint density at radius 3 is 2.36 bits per heavy atom. The smallest absolute Gasteiger partial charge is 0.127 e. The fraction of sp³-hybridized carbons (Fsp3) is 0.684. The van der Waals surface area contributed by atoms with Gasteiger partial charge < -0.3 is 14.5 Å². The summed E-state index contributed by atoms with van der Waals surface area (Å²) < 4.78 is 6.42. The molecule has 0 N–H and O–H groups in total. The van der Waals surface area contributed by atoms with Crippen LogP contribution in [0.15, 0.2) is 6.07 Å². The van der Waals surface area contributed by atoms with Crippen LogP contribution in [0.4, 0.5) is 0 Å². The summed E-state index contributed by atoms with van der Waals surface area (Å²) in [6.07, 6.45) is 0. The number of likely N-dealkylation sites (N-methyl/N-ethyl adjacent to an activating group) is 1. The number of piperazine rings is 1. The number of rotatable bonds is 2. The molecule has 1 aromatic rings. The van der Waals surface area contributed by atoms with Crippen LogP contribution in [0.1, 0.15) is 42.0 Å². The zero-order valence-corrected chi connectivity index (χ0v) is 15.0. The molecule has 1 saturated heterocycles. The van der Waals surface area contributed by atoms with Gasteiger partial charge in [-0.15, -0.1) is 0 Å². The van der Waals surface area contributed by atoms with Gasteiger partial charge in [-0.2, -0.15) is 0 Å². The summed E-state index contributed by atoms with van der Waals surface area (Å²) in [7, 11) is 2.21. The second kappa shape index (κ2) is 5.54. The van der Waals surface area contributed by atoms with E-state index in [4.69, 9.17) is 4.74 Å². The maximum absolute atomic E-state index is 6.42. The Hall–Kier alpha value is -1.06. The molecule has 1 atom stereocenters. The normalized spacial score (nSPS) is 25.1. The summed E-state index contributed by atoms with van der Waals surface area (Å²) in [6.45, 7) is 16.9. The first-order valence-corrected chi connectivity index (χ1v) is 8.50. The quantitative estimate of drug-likeness (QED) is 0.835. The first-order chi connectivity index (χ1) is 10.3. The van der Waals surface area contributed by atoms with Crippen LogP contribution in [0.2, 0.25) is 0 Å². The monoisotopic (exact) mass is 302 g/mol. The maximum Gasteiger partial charge on any atom is 0.127 e. The number of benzene rings is 1. The summed E-state index contributed by atoms with van der Waals surface area (Å²) in [4.78, 5) is 5.03. The van der Waals surface area contributed by atoms with Gasteiger partial charge >= 0.3 is 0 Å². The van der Waals surface area contributed by atoms with Gasteiger partial charge in [0.2, 0.25) is 0 Å². The van der Waals surface area contributed by atoms with Crippen molar-refractivity contribution in [3.05, 3.63) is 28.3 Å². The number of hydrogen-bond acceptors (Lipinski definition) is 3. The topological polar surface area (TPSA) is 15.7 Å². The van der Waals surface area contributed by atoms with E-state index in [-0.39, 0.29) is 5.60 Å². The molecule has 0 spiro atoms. The summed E-state index contributed by atoms with van der Waals surface area (Å²) in [5, 5.41) is 0. The van der Waals surface area contributed by atoms with Gasteiger partial charge in [-0.1, -0.05) is 6.07 Å². The third kappa shape index (κ3) is 2.65. The number of fused-ring (bicyclic) bond motifs is 1. The molecular formula is C19H30N2O. The lowest BCUT2D eigenvalue weighted by atomic mass is 9.83. The average Bonchev–Trinajstić information content (AvgIpc) is 2.71. The molecule has 0 radical (unpaired) electrons. The van der Waals surface area contributed by atoms with E-state index in [9.17, 15) is 0 Å². The van der Waals surface area contributed by atoms with Crippen molar-refractivity contribution in [3.8, 4) is 5.75 Å². The Morgan fingerprint density at radius 1 is 1.09 bits per heavy atom. The van der Waals surface area contributed by atoms with Crippen molar-refractivity contribution >= 4 is 0 Å². The third-order valence-corrected chi connectivity index (χ3v) is 5.62. The molecule has 1 fully saturated rings. The minimum atomic E-state index is -0.116. The van der Waals surface area contributed by atoms with Gasteiger partial charge in [-0.25, -0.2) is 0 Å². The highest BCUT2D eigenvalue weighted by Crippen LogP contribution is 2.48. The van der Waals surface area contributed by atoms with E-state index < -0.39 is 0 Å². The van der Waals surface area contributed by atoms with Crippen molar-refractivity contribution in [3.63, 3.8) is 0 Å². The predicted octanol–water partition coefficient (Wildman–Crippen LogP) is 3.11. The van der Waals surface area contributed by atoms with Gasteiger partial charge in [-0.05, 0) is 58.4 Å². The standard InChI is InChI=1S/C19H30N2O/c1-13-11-14(2)17-16(12-21-9-7-20(6)8-10-21)19(4,5)22-18(17)15(13)3/h11,16H,7-10,12H2,1-6H3. The molecule has 1 aromatic carbocycles. The highest BCUT2D eigenvalue weighted by molar-refractivity contribution is 5.55. The van der Waals surface area contributed by atoms with E-state index in [1.165, 1.54) is 48.4 Å². The van der Waals surface area contributed by atoms with E-state index >= 15 is 0 Å². The number of aryl methyl sites for hydroxylation is 2. The Labute approximate surface area is 135 Å². The van der Waals surface area contributed by atoms with Crippen molar-refractivity contribution in [2.45, 2.75) is 46.1 Å². The van der Waals surface area contributed by atoms with E-state index in [1.807, 2.05) is 0 Å². The van der Waals surface area contributed by atoms with Crippen LogP contribution in [-0.2, 0) is 0 Å². The molecule has 2 heterocycles. The van der Waals surface area contributed by atoms with Crippen LogP contribution >= 0.6 is 0 Å². The molecule has 3 heteroatoms. The van der Waals surface area contributed by atoms with Crippen LogP contribution < -0.4 is 4.74 Å². The minimum absolute atomic E-state index is 0.116. The van der Waals surface area contributed by atoms with Crippen LogP contribution in [-0.4, -0.2) is 55.2 Å². The zero-order chi connectivity index (χ0) is 16.1. The molecule has 0 bridgehead atoms. The Balaban J connectivity index is 1.90. The highest BCUT2D eigenvalue weighted by atomic mass is 16.5. The van der Waals surface area contributed by atoms with Gasteiger partial charge in [0.1, 0.15) is 11.4 Å². The van der Waals surface area contributed by atoms with Crippen LogP contribution in [0, 0.1) is 20.8 Å². The van der Waals surface area contributed by atoms with E-state index in [0.29, 0.717) is 5.92 Å². The Kier molecular flexibility index (Phi) is 3.98. The lowest BCUT2D eigenvalue weighted by Crippen LogP contribution is -2.48. The first kappa shape index (κ1) is 15.8. The molecule has 2 aliphatic rings. The highest BCUT2D eigenvalue weighted by Gasteiger charge is 2.43. The third-order valence-electron chi connectivity index (χ3n) is 5.62. The second-order valence-corrected chi connectivity index (χ2v) is 7.74. The molecular weight excluding hydrogens is 272 g/mol. The molecule has 0 aromatic heterocycles. The van der Waals surface area contributed by atoms with Gasteiger partial charge in [0.25, 0.3) is 0 Å². The predicted molar refractivity (Wildman–Crippen MR) is 92.0 cm³/mol. The van der Waals surface area contributed by atoms with Gasteiger partial charge in [0, 0.05) is 44.2 Å². The molecule has 0 aliphatic carbocycles. The van der Waals surface area contributed by atoms with Crippen molar-refractivity contribution in [1.82, 2.24) is 9.80 Å². The SMILES string of the molecule is Cc1cc(C)c2c(c1C)OC(C)(C)C2CN1CCN(C)CC1. The molecule has 22 heavy (non-hydrogen) atoms. The van der Waals surface area contributed by atoms with Gasteiger partial charge in [-0.3, -0.25) is 0 Å². The maximum atomic E-state index is 6.42. The Bertz CT molecular complexity index is 571. The number of hydrogen-bond donors (Lipinski definition) is 0. The van der Waals surface area contributed by atoms with E-state index in [1.54, 1.807) is 0 Å². The van der Waals surface area contributed by atoms with Crippen molar-refractivity contribution in [2.24, 2.45) is 0 Å². The summed E-state index contributed by atoms with van der Waals surface area (Å²) in [6, 6.07) is 2.33. The Morgan fingerprint density at radius 2 is 1.73 bits per heavy atom. The molecule has 3 nitrogen and oxygen atoms in total. The molecule has 0 amide bonds. The largest absolute Gasteiger partial charge is 0.487 e. The number of ether oxygens (including phenoxy) is 1. The lowest BCUT2D eigenvalue weighted by Gasteiger charge is -2.36.